The number of ether oxygens (including phenoxy) is 2. The first kappa shape index (κ1) is 21.3. The van der Waals surface area contributed by atoms with Gasteiger partial charge >= 0.3 is 0 Å². The van der Waals surface area contributed by atoms with E-state index in [2.05, 4.69) is 88.0 Å². The maximum Gasteiger partial charge on any atom is 0.245 e. The van der Waals surface area contributed by atoms with Gasteiger partial charge in [0.05, 0.1) is 5.69 Å². The molecule has 1 aliphatic rings. The lowest BCUT2D eigenvalue weighted by Crippen LogP contribution is -2.36. The lowest BCUT2D eigenvalue weighted by atomic mass is 10.0. The summed E-state index contributed by atoms with van der Waals surface area (Å²) in [5.74, 6) is 1.03. The monoisotopic (exact) mass is 415 g/mol. The van der Waals surface area contributed by atoms with E-state index in [1.54, 1.807) is 0 Å². The number of nitrogens with zero attached hydrogens (tertiary/aromatic N) is 1. The zero-order valence-corrected chi connectivity index (χ0v) is 19.8. The number of fused-ring (bicyclic) bond motifs is 2. The zero-order valence-electron chi connectivity index (χ0n) is 19.8. The van der Waals surface area contributed by atoms with E-state index in [0.717, 1.165) is 41.4 Å². The Labute approximate surface area is 186 Å². The van der Waals surface area contributed by atoms with Gasteiger partial charge in [-0.05, 0) is 62.9 Å². The average molecular weight is 416 g/mol. The van der Waals surface area contributed by atoms with Crippen LogP contribution in [0.15, 0.2) is 48.5 Å². The summed E-state index contributed by atoms with van der Waals surface area (Å²) < 4.78 is 13.1. The highest BCUT2D eigenvalue weighted by molar-refractivity contribution is 5.65. The van der Waals surface area contributed by atoms with Gasteiger partial charge in [0.25, 0.3) is 0 Å². The van der Waals surface area contributed by atoms with Gasteiger partial charge in [-0.3, -0.25) is 0 Å². The van der Waals surface area contributed by atoms with Gasteiger partial charge < -0.3 is 14.4 Å². The number of hydrogen-bond acceptors (Lipinski definition) is 3. The molecule has 0 saturated heterocycles. The fourth-order valence-corrected chi connectivity index (χ4v) is 4.46. The molecule has 162 valence electrons. The molecule has 1 aliphatic heterocycles. The molecule has 0 radical (unpaired) electrons. The van der Waals surface area contributed by atoms with Crippen molar-refractivity contribution in [3.63, 3.8) is 0 Å². The molecule has 0 N–H and O–H groups in total. The van der Waals surface area contributed by atoms with E-state index in [1.807, 2.05) is 13.8 Å². The molecular formula is C28H33NO2. The Morgan fingerprint density at radius 2 is 1.32 bits per heavy atom. The fraction of sp³-hybridized carbons (Fsp3) is 0.357. The van der Waals surface area contributed by atoms with Crippen LogP contribution in [0.3, 0.4) is 0 Å². The van der Waals surface area contributed by atoms with Crippen LogP contribution in [0.4, 0.5) is 5.69 Å². The molecule has 3 heteroatoms. The molecule has 4 rings (SSSR count). The Morgan fingerprint density at radius 3 is 2.00 bits per heavy atom. The van der Waals surface area contributed by atoms with Gasteiger partial charge in [-0.15, -0.1) is 0 Å². The van der Waals surface area contributed by atoms with Gasteiger partial charge in [0.15, 0.2) is 5.75 Å². The molecular weight excluding hydrogens is 382 g/mol. The molecule has 0 fully saturated rings. The topological polar surface area (TPSA) is 21.7 Å². The third-order valence-electron chi connectivity index (χ3n) is 5.79. The normalized spacial score (nSPS) is 15.0. The lowest BCUT2D eigenvalue weighted by Gasteiger charge is -2.31. The van der Waals surface area contributed by atoms with Crippen molar-refractivity contribution in [2.45, 2.75) is 67.3 Å². The number of benzene rings is 3. The van der Waals surface area contributed by atoms with Crippen LogP contribution in [0.2, 0.25) is 0 Å². The van der Waals surface area contributed by atoms with Crippen LogP contribution in [-0.2, 0) is 13.1 Å². The Balaban J connectivity index is 1.90. The maximum absolute atomic E-state index is 6.56. The molecule has 0 unspecified atom stereocenters. The predicted octanol–water partition coefficient (Wildman–Crippen LogP) is 6.94. The van der Waals surface area contributed by atoms with Crippen LogP contribution >= 0.6 is 0 Å². The molecule has 0 bridgehead atoms. The van der Waals surface area contributed by atoms with Gasteiger partial charge in [-0.2, -0.15) is 0 Å². The van der Waals surface area contributed by atoms with Gasteiger partial charge in [0, 0.05) is 32.5 Å². The predicted molar refractivity (Wildman–Crippen MR) is 128 cm³/mol. The van der Waals surface area contributed by atoms with Crippen molar-refractivity contribution >= 4 is 5.69 Å². The maximum atomic E-state index is 6.56. The van der Waals surface area contributed by atoms with Gasteiger partial charge in [-0.25, -0.2) is 0 Å². The lowest BCUT2D eigenvalue weighted by molar-refractivity contribution is -0.0814. The summed E-state index contributed by atoms with van der Waals surface area (Å²) in [7, 11) is 0. The number of hydrogen-bond donors (Lipinski definition) is 0. The summed E-state index contributed by atoms with van der Waals surface area (Å²) in [4.78, 5) is 2.42. The molecule has 0 amide bonds. The first-order chi connectivity index (χ1) is 14.6. The first-order valence-corrected chi connectivity index (χ1v) is 11.0. The summed E-state index contributed by atoms with van der Waals surface area (Å²) in [6, 6.07) is 17.6. The molecule has 31 heavy (non-hydrogen) atoms. The van der Waals surface area contributed by atoms with Gasteiger partial charge in [-0.1, -0.05) is 53.6 Å². The minimum atomic E-state index is -0.788. The average Bonchev–Trinajstić information content (AvgIpc) is 2.71. The third-order valence-corrected chi connectivity index (χ3v) is 5.79. The molecule has 0 aromatic heterocycles. The van der Waals surface area contributed by atoms with E-state index in [9.17, 15) is 0 Å². The number of aryl methyl sites for hydroxylation is 5. The van der Waals surface area contributed by atoms with E-state index in [0.29, 0.717) is 0 Å². The van der Waals surface area contributed by atoms with Crippen LogP contribution in [0.25, 0.3) is 0 Å². The third kappa shape index (κ3) is 4.56. The first-order valence-electron chi connectivity index (χ1n) is 11.0. The second-order valence-electron chi connectivity index (χ2n) is 9.45. The Bertz CT molecular complexity index is 1110. The molecule has 0 aliphatic carbocycles. The highest BCUT2D eigenvalue weighted by atomic mass is 16.7. The van der Waals surface area contributed by atoms with Gasteiger partial charge in [0.1, 0.15) is 5.75 Å². The van der Waals surface area contributed by atoms with E-state index in [-0.39, 0.29) is 0 Å². The van der Waals surface area contributed by atoms with Crippen molar-refractivity contribution < 1.29 is 9.47 Å². The van der Waals surface area contributed by atoms with E-state index >= 15 is 0 Å². The summed E-state index contributed by atoms with van der Waals surface area (Å²) in [6.07, 6.45) is 0. The standard InChI is InChI=1S/C28H33NO2/c1-18-8-10-23(11-9-18)16-29-17-24-14-19(2)12-21(4)26(24)30-28(6,7)31-27-22(5)13-20(3)15-25(27)29/h8-15H,16-17H2,1-7H3. The summed E-state index contributed by atoms with van der Waals surface area (Å²) in [6.45, 7) is 16.2. The van der Waals surface area contributed by atoms with Crippen molar-refractivity contribution in [2.75, 3.05) is 4.90 Å². The minimum absolute atomic E-state index is 0.751. The van der Waals surface area contributed by atoms with Crippen LogP contribution in [0.5, 0.6) is 11.5 Å². The van der Waals surface area contributed by atoms with E-state index < -0.39 is 5.79 Å². The molecule has 0 atom stereocenters. The summed E-state index contributed by atoms with van der Waals surface area (Å²) in [5, 5.41) is 0. The molecule has 1 heterocycles. The van der Waals surface area contributed by atoms with Crippen molar-refractivity contribution in [1.29, 1.82) is 0 Å². The zero-order chi connectivity index (χ0) is 22.3. The number of rotatable bonds is 2. The second-order valence-corrected chi connectivity index (χ2v) is 9.45. The van der Waals surface area contributed by atoms with E-state index in [1.165, 1.54) is 27.8 Å². The fourth-order valence-electron chi connectivity index (χ4n) is 4.46. The van der Waals surface area contributed by atoms with Crippen LogP contribution in [0, 0.1) is 34.6 Å². The van der Waals surface area contributed by atoms with Crippen LogP contribution in [-0.4, -0.2) is 5.79 Å². The Hall–Kier alpha value is -2.94. The largest absolute Gasteiger partial charge is 0.452 e. The molecule has 3 aromatic carbocycles. The highest BCUT2D eigenvalue weighted by Gasteiger charge is 2.30. The van der Waals surface area contributed by atoms with Crippen molar-refractivity contribution in [1.82, 2.24) is 0 Å². The van der Waals surface area contributed by atoms with Crippen LogP contribution in [0.1, 0.15) is 52.8 Å². The molecule has 3 nitrogen and oxygen atoms in total. The van der Waals surface area contributed by atoms with Crippen molar-refractivity contribution in [2.24, 2.45) is 0 Å². The van der Waals surface area contributed by atoms with Crippen LogP contribution < -0.4 is 14.4 Å². The Kier molecular flexibility index (Phi) is 5.47. The smallest absolute Gasteiger partial charge is 0.245 e. The summed E-state index contributed by atoms with van der Waals surface area (Å²) >= 11 is 0. The van der Waals surface area contributed by atoms with E-state index in [4.69, 9.17) is 9.47 Å². The molecule has 0 spiro atoms. The minimum Gasteiger partial charge on any atom is -0.452 e. The highest BCUT2D eigenvalue weighted by Crippen LogP contribution is 2.41. The van der Waals surface area contributed by atoms with Crippen molar-refractivity contribution in [3.05, 3.63) is 87.5 Å². The molecule has 0 saturated carbocycles. The summed E-state index contributed by atoms with van der Waals surface area (Å²) in [5.41, 5.74) is 9.59. The SMILES string of the molecule is Cc1ccc(CN2Cc3cc(C)cc(C)c3OC(C)(C)Oc3c(C)cc(C)cc32)cc1. The quantitative estimate of drug-likeness (QED) is 0.452. The second kappa shape index (κ2) is 7.96. The number of anilines is 1. The Morgan fingerprint density at radius 1 is 0.742 bits per heavy atom. The van der Waals surface area contributed by atoms with Crippen molar-refractivity contribution in [3.8, 4) is 11.5 Å². The van der Waals surface area contributed by atoms with Gasteiger partial charge in [0.2, 0.25) is 5.79 Å². The molecule has 3 aromatic rings.